The first-order valence-electron chi connectivity index (χ1n) is 5.58. The normalized spacial score (nSPS) is 11.3. The molecule has 1 aromatic rings. The number of hydrogen-bond acceptors (Lipinski definition) is 3. The van der Waals surface area contributed by atoms with Crippen LogP contribution in [0, 0.1) is 11.6 Å². The summed E-state index contributed by atoms with van der Waals surface area (Å²) in [6, 6.07) is 1.47. The Kier molecular flexibility index (Phi) is 4.34. The van der Waals surface area contributed by atoms with Crippen LogP contribution in [0.3, 0.4) is 0 Å². The first kappa shape index (κ1) is 15.2. The summed E-state index contributed by atoms with van der Waals surface area (Å²) in [5, 5.41) is 0. The summed E-state index contributed by atoms with van der Waals surface area (Å²) in [4.78, 5) is 22.8. The van der Waals surface area contributed by atoms with Crippen LogP contribution in [0.25, 0.3) is 0 Å². The number of carbonyl (C=O) groups excluding carboxylic acids is 2. The Morgan fingerprint density at radius 3 is 2.32 bits per heavy atom. The number of esters is 1. The minimum absolute atomic E-state index is 0.0804. The maximum atomic E-state index is 13.7. The van der Waals surface area contributed by atoms with Gasteiger partial charge in [0.05, 0.1) is 12.2 Å². The lowest BCUT2D eigenvalue weighted by Crippen LogP contribution is -2.21. The number of benzene rings is 1. The highest BCUT2D eigenvalue weighted by Gasteiger charge is 2.28. The maximum absolute atomic E-state index is 13.7. The predicted molar refractivity (Wildman–Crippen MR) is 61.5 cm³/mol. The first-order chi connectivity index (χ1) is 8.68. The Balaban J connectivity index is 3.31. The number of ether oxygens (including phenoxy) is 1. The van der Waals surface area contributed by atoms with Gasteiger partial charge in [0.2, 0.25) is 0 Å². The zero-order valence-corrected chi connectivity index (χ0v) is 10.7. The zero-order valence-electron chi connectivity index (χ0n) is 10.7. The lowest BCUT2D eigenvalue weighted by Gasteiger charge is -2.16. The molecule has 0 aromatic heterocycles. The molecule has 0 fully saturated rings. The molecule has 6 heteroatoms. The molecule has 19 heavy (non-hydrogen) atoms. The van der Waals surface area contributed by atoms with Gasteiger partial charge in [-0.25, -0.2) is 18.0 Å². The SMILES string of the molecule is CCOC(=O)C(=O)c1cc(C(C)(C)F)cc(F)c1F. The molecule has 0 aliphatic carbocycles. The monoisotopic (exact) mass is 274 g/mol. The summed E-state index contributed by atoms with van der Waals surface area (Å²) in [6.07, 6.45) is 0. The van der Waals surface area contributed by atoms with E-state index in [4.69, 9.17) is 0 Å². The van der Waals surface area contributed by atoms with E-state index in [1.54, 1.807) is 0 Å². The van der Waals surface area contributed by atoms with Crippen LogP contribution >= 0.6 is 0 Å². The number of ketones is 1. The molecule has 0 aliphatic heterocycles. The Morgan fingerprint density at radius 2 is 1.84 bits per heavy atom. The fraction of sp³-hybridized carbons (Fsp3) is 0.385. The standard InChI is InChI=1S/C13H13F3O3/c1-4-19-12(18)11(17)8-5-7(13(2,3)16)6-9(14)10(8)15/h5-6H,4H2,1-3H3. The molecule has 1 rings (SSSR count). The van der Waals surface area contributed by atoms with E-state index in [1.807, 2.05) is 0 Å². The molecule has 104 valence electrons. The third-order valence-corrected chi connectivity index (χ3v) is 2.42. The highest BCUT2D eigenvalue weighted by Crippen LogP contribution is 2.28. The number of carbonyl (C=O) groups is 2. The van der Waals surface area contributed by atoms with Crippen molar-refractivity contribution in [2.24, 2.45) is 0 Å². The van der Waals surface area contributed by atoms with Crippen molar-refractivity contribution >= 4 is 11.8 Å². The quantitative estimate of drug-likeness (QED) is 0.481. The van der Waals surface area contributed by atoms with E-state index in [9.17, 15) is 22.8 Å². The van der Waals surface area contributed by atoms with E-state index in [-0.39, 0.29) is 12.2 Å². The van der Waals surface area contributed by atoms with Gasteiger partial charge in [0.25, 0.3) is 5.78 Å². The Hall–Kier alpha value is -1.85. The summed E-state index contributed by atoms with van der Waals surface area (Å²) < 4.78 is 44.9. The summed E-state index contributed by atoms with van der Waals surface area (Å²) >= 11 is 0. The second-order valence-electron chi connectivity index (χ2n) is 4.34. The van der Waals surface area contributed by atoms with Crippen LogP contribution < -0.4 is 0 Å². The van der Waals surface area contributed by atoms with Gasteiger partial charge in [0.15, 0.2) is 11.6 Å². The molecule has 0 spiro atoms. The predicted octanol–water partition coefficient (Wildman–Crippen LogP) is 2.92. The lowest BCUT2D eigenvalue weighted by molar-refractivity contribution is -0.137. The van der Waals surface area contributed by atoms with Crippen LogP contribution in [0.1, 0.15) is 36.7 Å². The summed E-state index contributed by atoms with van der Waals surface area (Å²) in [7, 11) is 0. The molecular weight excluding hydrogens is 261 g/mol. The summed E-state index contributed by atoms with van der Waals surface area (Å²) in [5.74, 6) is -5.54. The van der Waals surface area contributed by atoms with Crippen molar-refractivity contribution in [2.75, 3.05) is 6.61 Å². The van der Waals surface area contributed by atoms with Crippen molar-refractivity contribution in [2.45, 2.75) is 26.4 Å². The van der Waals surface area contributed by atoms with Crippen LogP contribution in [0.2, 0.25) is 0 Å². The third kappa shape index (κ3) is 3.33. The number of halogens is 3. The molecule has 0 N–H and O–H groups in total. The highest BCUT2D eigenvalue weighted by molar-refractivity contribution is 6.40. The van der Waals surface area contributed by atoms with E-state index < -0.39 is 34.6 Å². The molecule has 1 aromatic carbocycles. The molecule has 0 radical (unpaired) electrons. The minimum atomic E-state index is -1.97. The molecule has 0 bridgehead atoms. The molecular formula is C13H13F3O3. The second kappa shape index (κ2) is 5.42. The van der Waals surface area contributed by atoms with Crippen molar-refractivity contribution in [1.29, 1.82) is 0 Å². The Bertz CT molecular complexity index is 519. The van der Waals surface area contributed by atoms with Gasteiger partial charge in [-0.05, 0) is 38.5 Å². The van der Waals surface area contributed by atoms with E-state index >= 15 is 0 Å². The Labute approximate surface area is 108 Å². The van der Waals surface area contributed by atoms with Crippen molar-refractivity contribution in [3.8, 4) is 0 Å². The molecule has 3 nitrogen and oxygen atoms in total. The van der Waals surface area contributed by atoms with Gasteiger partial charge in [-0.2, -0.15) is 0 Å². The minimum Gasteiger partial charge on any atom is -0.460 e. The fourth-order valence-corrected chi connectivity index (χ4v) is 1.40. The molecule has 0 unspecified atom stereocenters. The zero-order chi connectivity index (χ0) is 14.8. The second-order valence-corrected chi connectivity index (χ2v) is 4.34. The van der Waals surface area contributed by atoms with Crippen LogP contribution in [0.15, 0.2) is 12.1 Å². The summed E-state index contributed by atoms with van der Waals surface area (Å²) in [5.41, 5.74) is -3.05. The summed E-state index contributed by atoms with van der Waals surface area (Å²) in [6.45, 7) is 3.63. The number of Topliss-reactive ketones (excluding diaryl/α,β-unsaturated/α-hetero) is 1. The molecule has 0 atom stereocenters. The Morgan fingerprint density at radius 1 is 1.26 bits per heavy atom. The van der Waals surface area contributed by atoms with Crippen LogP contribution in [0.5, 0.6) is 0 Å². The molecule has 0 amide bonds. The van der Waals surface area contributed by atoms with E-state index in [0.29, 0.717) is 6.07 Å². The van der Waals surface area contributed by atoms with Gasteiger partial charge in [-0.15, -0.1) is 0 Å². The van der Waals surface area contributed by atoms with Gasteiger partial charge in [0, 0.05) is 0 Å². The highest BCUT2D eigenvalue weighted by atomic mass is 19.2. The first-order valence-corrected chi connectivity index (χ1v) is 5.58. The van der Waals surface area contributed by atoms with Gasteiger partial charge < -0.3 is 4.74 Å². The molecule has 0 saturated carbocycles. The fourth-order valence-electron chi connectivity index (χ4n) is 1.40. The maximum Gasteiger partial charge on any atom is 0.379 e. The van der Waals surface area contributed by atoms with Crippen molar-refractivity contribution in [3.05, 3.63) is 34.9 Å². The van der Waals surface area contributed by atoms with Gasteiger partial charge >= 0.3 is 5.97 Å². The smallest absolute Gasteiger partial charge is 0.379 e. The van der Waals surface area contributed by atoms with Crippen LogP contribution in [-0.2, 0) is 15.2 Å². The van der Waals surface area contributed by atoms with Gasteiger partial charge in [-0.3, -0.25) is 4.79 Å². The number of alkyl halides is 1. The average Bonchev–Trinajstić information content (AvgIpc) is 2.30. The van der Waals surface area contributed by atoms with Gasteiger partial charge in [-0.1, -0.05) is 0 Å². The van der Waals surface area contributed by atoms with Crippen molar-refractivity contribution < 1.29 is 27.5 Å². The van der Waals surface area contributed by atoms with E-state index in [1.165, 1.54) is 6.92 Å². The molecule has 0 heterocycles. The average molecular weight is 274 g/mol. The lowest BCUT2D eigenvalue weighted by atomic mass is 9.96. The van der Waals surface area contributed by atoms with Crippen LogP contribution in [0.4, 0.5) is 13.2 Å². The van der Waals surface area contributed by atoms with E-state index in [2.05, 4.69) is 4.74 Å². The van der Waals surface area contributed by atoms with E-state index in [0.717, 1.165) is 19.9 Å². The van der Waals surface area contributed by atoms with Gasteiger partial charge in [0.1, 0.15) is 5.67 Å². The number of hydrogen-bond donors (Lipinski definition) is 0. The van der Waals surface area contributed by atoms with Crippen LogP contribution in [-0.4, -0.2) is 18.4 Å². The van der Waals surface area contributed by atoms with Crippen molar-refractivity contribution in [3.63, 3.8) is 0 Å². The largest absolute Gasteiger partial charge is 0.460 e. The molecule has 0 aliphatic rings. The number of rotatable bonds is 4. The molecule has 0 saturated heterocycles. The van der Waals surface area contributed by atoms with Crippen molar-refractivity contribution in [1.82, 2.24) is 0 Å². The topological polar surface area (TPSA) is 43.4 Å². The third-order valence-electron chi connectivity index (χ3n) is 2.42.